The van der Waals surface area contributed by atoms with E-state index in [4.69, 9.17) is 39.9 Å². The van der Waals surface area contributed by atoms with Crippen LogP contribution in [0.4, 0.5) is 5.13 Å². The summed E-state index contributed by atoms with van der Waals surface area (Å²) in [5.41, 5.74) is 6.27. The van der Waals surface area contributed by atoms with E-state index in [0.717, 1.165) is 16.8 Å². The second kappa shape index (κ2) is 10.8. The number of nitrogens with zero attached hydrogens (tertiary/aromatic N) is 4. The van der Waals surface area contributed by atoms with Gasteiger partial charge < -0.3 is 0 Å². The van der Waals surface area contributed by atoms with E-state index in [9.17, 15) is 4.79 Å². The van der Waals surface area contributed by atoms with Crippen molar-refractivity contribution in [3.63, 3.8) is 0 Å². The fourth-order valence-electron chi connectivity index (χ4n) is 3.76. The molecule has 6 nitrogen and oxygen atoms in total. The zero-order chi connectivity index (χ0) is 25.1. The first-order chi connectivity index (χ1) is 17.5. The van der Waals surface area contributed by atoms with Crippen LogP contribution in [0.2, 0.25) is 15.1 Å². The van der Waals surface area contributed by atoms with Crippen molar-refractivity contribution in [3.8, 4) is 0 Å². The molecule has 0 aliphatic carbocycles. The first kappa shape index (κ1) is 24.5. The number of benzene rings is 3. The Bertz CT molecular complexity index is 1430. The highest BCUT2D eigenvalue weighted by molar-refractivity contribution is 7.14. The summed E-state index contributed by atoms with van der Waals surface area (Å²) in [5.74, 6) is -0.452. The van der Waals surface area contributed by atoms with Gasteiger partial charge in [0.25, 0.3) is 5.91 Å². The van der Waals surface area contributed by atoms with Gasteiger partial charge in [0.2, 0.25) is 5.13 Å². The van der Waals surface area contributed by atoms with Crippen LogP contribution in [-0.4, -0.2) is 22.8 Å². The first-order valence-electron chi connectivity index (χ1n) is 10.9. The average Bonchev–Trinajstić information content (AvgIpc) is 3.55. The number of anilines is 1. The second-order valence-corrected chi connectivity index (χ2v) is 9.97. The molecule has 1 N–H and O–H groups in total. The highest BCUT2D eigenvalue weighted by Gasteiger charge is 2.32. The Morgan fingerprint density at radius 2 is 1.72 bits per heavy atom. The van der Waals surface area contributed by atoms with Crippen molar-refractivity contribution < 1.29 is 4.79 Å². The highest BCUT2D eigenvalue weighted by Crippen LogP contribution is 2.38. The summed E-state index contributed by atoms with van der Waals surface area (Å²) in [6, 6.07) is 22.7. The molecule has 180 valence electrons. The molecule has 0 spiro atoms. The van der Waals surface area contributed by atoms with Gasteiger partial charge in [0.05, 0.1) is 28.0 Å². The van der Waals surface area contributed by atoms with E-state index in [1.807, 2.05) is 59.6 Å². The average molecular weight is 555 g/mol. The Morgan fingerprint density at radius 3 is 2.44 bits per heavy atom. The maximum atomic E-state index is 12.7. The lowest BCUT2D eigenvalue weighted by Crippen LogP contribution is -2.20. The van der Waals surface area contributed by atoms with Gasteiger partial charge in [-0.15, -0.1) is 11.3 Å². The minimum atomic E-state index is -0.452. The number of rotatable bonds is 6. The van der Waals surface area contributed by atoms with Gasteiger partial charge in [-0.3, -0.25) is 4.79 Å². The van der Waals surface area contributed by atoms with E-state index >= 15 is 0 Å². The van der Waals surface area contributed by atoms with Crippen molar-refractivity contribution in [3.05, 3.63) is 116 Å². The van der Waals surface area contributed by atoms with Crippen molar-refractivity contribution in [2.24, 2.45) is 10.2 Å². The van der Waals surface area contributed by atoms with Crippen molar-refractivity contribution >= 4 is 69.1 Å². The number of hydrogen-bond donors (Lipinski definition) is 1. The van der Waals surface area contributed by atoms with Crippen LogP contribution in [0.15, 0.2) is 88.4 Å². The number of hydrazone groups is 2. The smallest absolute Gasteiger partial charge is 0.266 e. The van der Waals surface area contributed by atoms with E-state index in [-0.39, 0.29) is 11.7 Å². The predicted octanol–water partition coefficient (Wildman–Crippen LogP) is 7.22. The Hall–Kier alpha value is -3.23. The maximum Gasteiger partial charge on any atom is 0.290 e. The molecule has 1 aliphatic heterocycles. The van der Waals surface area contributed by atoms with Crippen LogP contribution in [-0.2, 0) is 0 Å². The molecule has 5 rings (SSSR count). The van der Waals surface area contributed by atoms with Gasteiger partial charge in [0, 0.05) is 22.4 Å². The molecule has 0 bridgehead atoms. The molecule has 1 unspecified atom stereocenters. The molecule has 0 saturated heterocycles. The second-order valence-electron chi connectivity index (χ2n) is 7.88. The topological polar surface area (TPSA) is 70.0 Å². The van der Waals surface area contributed by atoms with Crippen molar-refractivity contribution in [2.45, 2.75) is 12.5 Å². The number of carbonyl (C=O) groups is 1. The third-order valence-corrected chi connectivity index (χ3v) is 7.29. The minimum Gasteiger partial charge on any atom is -0.266 e. The summed E-state index contributed by atoms with van der Waals surface area (Å²) in [6.07, 6.45) is 2.10. The van der Waals surface area contributed by atoms with Crippen LogP contribution in [0.3, 0.4) is 0 Å². The van der Waals surface area contributed by atoms with Crippen LogP contribution in [0.1, 0.15) is 39.6 Å². The molecule has 10 heteroatoms. The number of thiazole rings is 1. The summed E-state index contributed by atoms with van der Waals surface area (Å²) in [7, 11) is 0. The zero-order valence-electron chi connectivity index (χ0n) is 18.6. The molecule has 1 atom stereocenters. The van der Waals surface area contributed by atoms with E-state index in [0.29, 0.717) is 32.2 Å². The molecule has 0 radical (unpaired) electrons. The number of aromatic nitrogens is 1. The van der Waals surface area contributed by atoms with Gasteiger partial charge in [0.15, 0.2) is 0 Å². The van der Waals surface area contributed by atoms with Gasteiger partial charge in [-0.2, -0.15) is 10.2 Å². The van der Waals surface area contributed by atoms with Crippen molar-refractivity contribution in [1.29, 1.82) is 0 Å². The van der Waals surface area contributed by atoms with Crippen LogP contribution < -0.4 is 10.4 Å². The Labute approximate surface area is 226 Å². The Kier molecular flexibility index (Phi) is 7.34. The van der Waals surface area contributed by atoms with E-state index in [1.54, 1.807) is 23.6 Å². The Balaban J connectivity index is 1.38. The predicted molar refractivity (Wildman–Crippen MR) is 148 cm³/mol. The van der Waals surface area contributed by atoms with Gasteiger partial charge in [0.1, 0.15) is 5.69 Å². The maximum absolute atomic E-state index is 12.7. The molecule has 0 saturated carbocycles. The van der Waals surface area contributed by atoms with Crippen LogP contribution in [0.25, 0.3) is 0 Å². The number of amides is 1. The first-order valence-corrected chi connectivity index (χ1v) is 12.9. The zero-order valence-corrected chi connectivity index (χ0v) is 21.7. The standard InChI is InChI=1S/C26H18Cl3N5OS/c27-18-11-9-17(10-12-18)24-13-22(16-5-2-1-3-6-16)33-34(24)26-31-23(15-36-26)25(35)32-30-14-19-20(28)7-4-8-21(19)29/h1-12,14-15,24H,13H2,(H,32,35)/b30-14+. The molecular formula is C26H18Cl3N5OS. The fourth-order valence-corrected chi connectivity index (χ4v) is 5.18. The molecule has 4 aromatic rings. The third-order valence-electron chi connectivity index (χ3n) is 5.55. The lowest BCUT2D eigenvalue weighted by Gasteiger charge is -2.21. The lowest BCUT2D eigenvalue weighted by atomic mass is 9.99. The SMILES string of the molecule is O=C(N/N=C/c1c(Cl)cccc1Cl)c1csc(N2N=C(c3ccccc3)CC2c2ccc(Cl)cc2)n1. The molecule has 1 aromatic heterocycles. The minimum absolute atomic E-state index is 0.0834. The van der Waals surface area contributed by atoms with Gasteiger partial charge >= 0.3 is 0 Å². The largest absolute Gasteiger partial charge is 0.290 e. The molecule has 0 fully saturated rings. The van der Waals surface area contributed by atoms with Crippen molar-refractivity contribution in [2.75, 3.05) is 5.01 Å². The summed E-state index contributed by atoms with van der Waals surface area (Å²) in [4.78, 5) is 17.2. The normalized spacial score (nSPS) is 15.4. The van der Waals surface area contributed by atoms with E-state index in [2.05, 4.69) is 15.5 Å². The monoisotopic (exact) mass is 553 g/mol. The van der Waals surface area contributed by atoms with Crippen molar-refractivity contribution in [1.82, 2.24) is 10.4 Å². The van der Waals surface area contributed by atoms with Gasteiger partial charge in [-0.1, -0.05) is 83.3 Å². The molecule has 1 aliphatic rings. The molecule has 2 heterocycles. The van der Waals surface area contributed by atoms with E-state index < -0.39 is 5.91 Å². The summed E-state index contributed by atoms with van der Waals surface area (Å²) < 4.78 is 0. The van der Waals surface area contributed by atoms with E-state index in [1.165, 1.54) is 17.6 Å². The van der Waals surface area contributed by atoms with Crippen LogP contribution in [0, 0.1) is 0 Å². The quantitative estimate of drug-likeness (QED) is 0.202. The van der Waals surface area contributed by atoms with Gasteiger partial charge in [-0.25, -0.2) is 15.4 Å². The summed E-state index contributed by atoms with van der Waals surface area (Å²) in [5, 5.41) is 14.5. The number of carbonyl (C=O) groups excluding carboxylic acids is 1. The molecule has 3 aromatic carbocycles. The van der Waals surface area contributed by atoms with Crippen LogP contribution >= 0.6 is 46.1 Å². The summed E-state index contributed by atoms with van der Waals surface area (Å²) >= 11 is 19.7. The molecular weight excluding hydrogens is 537 g/mol. The highest BCUT2D eigenvalue weighted by atomic mass is 35.5. The third kappa shape index (κ3) is 5.29. The Morgan fingerprint density at radius 1 is 1.00 bits per heavy atom. The number of hydrogen-bond acceptors (Lipinski definition) is 6. The number of nitrogens with one attached hydrogen (secondary N) is 1. The summed E-state index contributed by atoms with van der Waals surface area (Å²) in [6.45, 7) is 0. The van der Waals surface area contributed by atoms with Gasteiger partial charge in [-0.05, 0) is 35.4 Å². The number of halogens is 3. The molecule has 36 heavy (non-hydrogen) atoms. The fraction of sp³-hybridized carbons (Fsp3) is 0.0769. The lowest BCUT2D eigenvalue weighted by molar-refractivity contribution is 0.0951. The molecule has 1 amide bonds. The van der Waals surface area contributed by atoms with Crippen LogP contribution in [0.5, 0.6) is 0 Å².